The third-order valence-electron chi connectivity index (χ3n) is 2.68. The fraction of sp³-hybridized carbons (Fsp3) is 0.909. The molecule has 0 spiro atoms. The number of carboxylic acids is 1. The normalized spacial score (nSPS) is 17.4. The number of hydrogen-bond acceptors (Lipinski definition) is 2. The molecule has 0 amide bonds. The molecule has 0 bridgehead atoms. The Hall–Kier alpha value is -0.380. The van der Waals surface area contributed by atoms with Gasteiger partial charge in [0.15, 0.2) is 0 Å². The Morgan fingerprint density at radius 1 is 1.33 bits per heavy atom. The minimum absolute atomic E-state index is 0.0528. The summed E-state index contributed by atoms with van der Waals surface area (Å²) in [4.78, 5) is 11.0. The van der Waals surface area contributed by atoms with Gasteiger partial charge >= 0.3 is 5.97 Å². The Morgan fingerprint density at radius 3 is 2.20 bits per heavy atom. The SMILES string of the molecule is CCCCC(C(=O)O)S(=O)C(C)C(C)C. The van der Waals surface area contributed by atoms with Gasteiger partial charge in [-0.1, -0.05) is 40.5 Å². The lowest BCUT2D eigenvalue weighted by Gasteiger charge is -2.20. The second kappa shape index (κ2) is 6.99. The van der Waals surface area contributed by atoms with Gasteiger partial charge in [-0.2, -0.15) is 0 Å². The molecule has 0 fully saturated rings. The van der Waals surface area contributed by atoms with E-state index in [0.29, 0.717) is 6.42 Å². The van der Waals surface area contributed by atoms with Gasteiger partial charge in [-0.15, -0.1) is 0 Å². The molecule has 0 radical (unpaired) electrons. The van der Waals surface area contributed by atoms with E-state index >= 15 is 0 Å². The minimum Gasteiger partial charge on any atom is -0.480 e. The van der Waals surface area contributed by atoms with Gasteiger partial charge < -0.3 is 5.11 Å². The van der Waals surface area contributed by atoms with Crippen LogP contribution >= 0.6 is 0 Å². The van der Waals surface area contributed by atoms with Crippen molar-refractivity contribution in [3.05, 3.63) is 0 Å². The van der Waals surface area contributed by atoms with Gasteiger partial charge in [0.1, 0.15) is 5.25 Å². The standard InChI is InChI=1S/C11H22O3S/c1-5-6-7-10(11(12)13)15(14)9(4)8(2)3/h8-10H,5-7H2,1-4H3,(H,12,13). The summed E-state index contributed by atoms with van der Waals surface area (Å²) in [6.45, 7) is 7.82. The first-order valence-corrected chi connectivity index (χ1v) is 6.81. The maximum Gasteiger partial charge on any atom is 0.319 e. The third kappa shape index (κ3) is 4.78. The molecular formula is C11H22O3S. The summed E-state index contributed by atoms with van der Waals surface area (Å²) in [6.07, 6.45) is 2.29. The number of carboxylic acid groups (broad SMARTS) is 1. The lowest BCUT2D eigenvalue weighted by Crippen LogP contribution is -2.33. The van der Waals surface area contributed by atoms with Gasteiger partial charge in [0.25, 0.3) is 0 Å². The van der Waals surface area contributed by atoms with Gasteiger partial charge in [0, 0.05) is 16.0 Å². The summed E-state index contributed by atoms with van der Waals surface area (Å²) in [6, 6.07) is 0. The van der Waals surface area contributed by atoms with Crippen molar-refractivity contribution >= 4 is 16.8 Å². The molecule has 3 atom stereocenters. The molecule has 0 aliphatic rings. The van der Waals surface area contributed by atoms with Crippen molar-refractivity contribution in [3.63, 3.8) is 0 Å². The van der Waals surface area contributed by atoms with Crippen molar-refractivity contribution in [2.24, 2.45) is 5.92 Å². The van der Waals surface area contributed by atoms with Gasteiger partial charge in [0.05, 0.1) is 0 Å². The zero-order valence-electron chi connectivity index (χ0n) is 10.0. The van der Waals surface area contributed by atoms with Crippen LogP contribution in [0.2, 0.25) is 0 Å². The average Bonchev–Trinajstić information content (AvgIpc) is 2.16. The Labute approximate surface area is 94.7 Å². The predicted octanol–water partition coefficient (Wildman–Crippen LogP) is 2.42. The van der Waals surface area contributed by atoms with Crippen LogP contribution < -0.4 is 0 Å². The molecule has 0 aromatic rings. The second-order valence-corrected chi connectivity index (χ2v) is 6.22. The number of unbranched alkanes of at least 4 members (excludes halogenated alkanes) is 1. The fourth-order valence-corrected chi connectivity index (χ4v) is 2.91. The smallest absolute Gasteiger partial charge is 0.319 e. The average molecular weight is 234 g/mol. The van der Waals surface area contributed by atoms with Crippen molar-refractivity contribution in [1.82, 2.24) is 0 Å². The quantitative estimate of drug-likeness (QED) is 0.736. The maximum atomic E-state index is 12.0. The van der Waals surface area contributed by atoms with Gasteiger partial charge in [-0.3, -0.25) is 9.00 Å². The number of rotatable bonds is 7. The van der Waals surface area contributed by atoms with Crippen molar-refractivity contribution < 1.29 is 14.1 Å². The molecule has 4 heteroatoms. The van der Waals surface area contributed by atoms with Crippen LogP contribution in [0.1, 0.15) is 47.0 Å². The molecule has 0 heterocycles. The van der Waals surface area contributed by atoms with E-state index in [2.05, 4.69) is 0 Å². The summed E-state index contributed by atoms with van der Waals surface area (Å²) in [5, 5.41) is 8.26. The van der Waals surface area contributed by atoms with E-state index in [1.165, 1.54) is 0 Å². The molecule has 3 nitrogen and oxygen atoms in total. The van der Waals surface area contributed by atoms with Crippen LogP contribution in [-0.2, 0) is 15.6 Å². The Morgan fingerprint density at radius 2 is 1.87 bits per heavy atom. The summed E-state index contributed by atoms with van der Waals surface area (Å²) in [5.41, 5.74) is 0. The van der Waals surface area contributed by atoms with Gasteiger partial charge in [0.2, 0.25) is 0 Å². The number of hydrogen-bond donors (Lipinski definition) is 1. The predicted molar refractivity (Wildman–Crippen MR) is 63.4 cm³/mol. The summed E-state index contributed by atoms with van der Waals surface area (Å²) in [5.74, 6) is -0.663. The highest BCUT2D eigenvalue weighted by atomic mass is 32.2. The van der Waals surface area contributed by atoms with Crippen LogP contribution in [0.5, 0.6) is 0 Å². The molecule has 90 valence electrons. The third-order valence-corrected chi connectivity index (χ3v) is 4.96. The zero-order valence-corrected chi connectivity index (χ0v) is 10.8. The Bertz CT molecular complexity index is 226. The van der Waals surface area contributed by atoms with Crippen molar-refractivity contribution in [3.8, 4) is 0 Å². The first-order chi connectivity index (χ1) is 6.91. The highest BCUT2D eigenvalue weighted by molar-refractivity contribution is 7.87. The van der Waals surface area contributed by atoms with Crippen molar-refractivity contribution in [2.75, 3.05) is 0 Å². The van der Waals surface area contributed by atoms with Crippen molar-refractivity contribution in [1.29, 1.82) is 0 Å². The van der Waals surface area contributed by atoms with Crippen LogP contribution in [0.15, 0.2) is 0 Å². The molecule has 1 N–H and O–H groups in total. The minimum atomic E-state index is -1.26. The highest BCUT2D eigenvalue weighted by Crippen LogP contribution is 2.17. The monoisotopic (exact) mass is 234 g/mol. The van der Waals surface area contributed by atoms with Crippen molar-refractivity contribution in [2.45, 2.75) is 57.5 Å². The summed E-state index contributed by atoms with van der Waals surface area (Å²) < 4.78 is 12.0. The first-order valence-electron chi connectivity index (χ1n) is 5.54. The Kier molecular flexibility index (Phi) is 6.81. The molecule has 0 aliphatic carbocycles. The van der Waals surface area contributed by atoms with Gasteiger partial charge in [-0.05, 0) is 12.3 Å². The zero-order chi connectivity index (χ0) is 12.0. The highest BCUT2D eigenvalue weighted by Gasteiger charge is 2.29. The molecule has 0 aliphatic heterocycles. The molecule has 0 saturated carbocycles. The molecule has 15 heavy (non-hydrogen) atoms. The van der Waals surface area contributed by atoms with E-state index in [1.54, 1.807) is 0 Å². The second-order valence-electron chi connectivity index (χ2n) is 4.25. The van der Waals surface area contributed by atoms with Crippen LogP contribution in [0, 0.1) is 5.92 Å². The van der Waals surface area contributed by atoms with Gasteiger partial charge in [-0.25, -0.2) is 0 Å². The molecule has 0 saturated heterocycles. The lowest BCUT2D eigenvalue weighted by molar-refractivity contribution is -0.136. The van der Waals surface area contributed by atoms with Crippen LogP contribution in [0.25, 0.3) is 0 Å². The number of carbonyl (C=O) groups is 1. The van der Waals surface area contributed by atoms with Crippen LogP contribution in [-0.4, -0.2) is 25.8 Å². The fourth-order valence-electron chi connectivity index (χ4n) is 1.26. The molecule has 0 rings (SSSR count). The topological polar surface area (TPSA) is 54.4 Å². The summed E-state index contributed by atoms with van der Waals surface area (Å²) in [7, 11) is -1.26. The Balaban J connectivity index is 4.48. The van der Waals surface area contributed by atoms with E-state index in [4.69, 9.17) is 5.11 Å². The number of aliphatic carboxylic acids is 1. The van der Waals surface area contributed by atoms with E-state index in [0.717, 1.165) is 12.8 Å². The maximum absolute atomic E-state index is 12.0. The molecule has 0 aromatic heterocycles. The molecule has 0 aromatic carbocycles. The van der Waals surface area contributed by atoms with Crippen LogP contribution in [0.3, 0.4) is 0 Å². The lowest BCUT2D eigenvalue weighted by atomic mass is 10.1. The molecule has 3 unspecified atom stereocenters. The molecular weight excluding hydrogens is 212 g/mol. The summed E-state index contributed by atoms with van der Waals surface area (Å²) >= 11 is 0. The van der Waals surface area contributed by atoms with E-state index in [1.807, 2.05) is 27.7 Å². The van der Waals surface area contributed by atoms with E-state index in [-0.39, 0.29) is 11.2 Å². The van der Waals surface area contributed by atoms with E-state index < -0.39 is 22.0 Å². The first kappa shape index (κ1) is 14.6. The van der Waals surface area contributed by atoms with Crippen LogP contribution in [0.4, 0.5) is 0 Å². The largest absolute Gasteiger partial charge is 0.480 e. The van der Waals surface area contributed by atoms with E-state index in [9.17, 15) is 9.00 Å².